The Bertz CT molecular complexity index is 1290. The summed E-state index contributed by atoms with van der Waals surface area (Å²) in [5, 5.41) is 23.9. The zero-order valence-corrected chi connectivity index (χ0v) is 23.3. The van der Waals surface area contributed by atoms with Gasteiger partial charge in [0.05, 0.1) is 32.1 Å². The van der Waals surface area contributed by atoms with Gasteiger partial charge in [-0.1, -0.05) is 49.6 Å². The van der Waals surface area contributed by atoms with E-state index in [2.05, 4.69) is 5.32 Å². The summed E-state index contributed by atoms with van der Waals surface area (Å²) in [4.78, 5) is 40.9. The van der Waals surface area contributed by atoms with Crippen molar-refractivity contribution in [3.05, 3.63) is 70.8 Å². The van der Waals surface area contributed by atoms with Gasteiger partial charge in [0.15, 0.2) is 11.5 Å². The van der Waals surface area contributed by atoms with E-state index < -0.39 is 30.1 Å². The molecule has 5 rings (SSSR count). The zero-order chi connectivity index (χ0) is 28.9. The van der Waals surface area contributed by atoms with Crippen LogP contribution < -0.4 is 14.8 Å². The standard InChI is InChI=1S/C32H38N2O7/c1-40-26-15-22(19-36)14-23-28-24(32(39)33-12-13-35)17-25(29(38)31(28)41-30(23)26)34(18-21-10-6-3-7-11-21)27(37)16-20-8-4-2-5-9-20/h2,4-5,8-9,14-15,17,19,21,25,28-29,31,35,38H,3,6-7,10-13,16,18H2,1H3,(H,33,39). The van der Waals surface area contributed by atoms with Crippen molar-refractivity contribution < 1.29 is 34.1 Å². The summed E-state index contributed by atoms with van der Waals surface area (Å²) < 4.78 is 11.8. The quantitative estimate of drug-likeness (QED) is 0.380. The highest BCUT2D eigenvalue weighted by Gasteiger charge is 2.51. The molecule has 3 aliphatic rings. The molecule has 9 nitrogen and oxygen atoms in total. The number of hydrogen-bond acceptors (Lipinski definition) is 7. The molecule has 2 aliphatic carbocycles. The highest BCUT2D eigenvalue weighted by molar-refractivity contribution is 5.96. The van der Waals surface area contributed by atoms with Crippen LogP contribution >= 0.6 is 0 Å². The van der Waals surface area contributed by atoms with Crippen molar-refractivity contribution in [2.45, 2.75) is 62.7 Å². The summed E-state index contributed by atoms with van der Waals surface area (Å²) >= 11 is 0. The van der Waals surface area contributed by atoms with E-state index in [1.807, 2.05) is 30.3 Å². The Labute approximate surface area is 240 Å². The van der Waals surface area contributed by atoms with E-state index in [4.69, 9.17) is 9.47 Å². The molecule has 1 saturated carbocycles. The average Bonchev–Trinajstić information content (AvgIpc) is 3.39. The minimum Gasteiger partial charge on any atom is -0.493 e. The molecule has 0 spiro atoms. The van der Waals surface area contributed by atoms with Gasteiger partial charge in [-0.15, -0.1) is 0 Å². The molecule has 0 saturated heterocycles. The van der Waals surface area contributed by atoms with E-state index in [9.17, 15) is 24.6 Å². The summed E-state index contributed by atoms with van der Waals surface area (Å²) in [5.74, 6) is -0.256. The number of hydrogen-bond donors (Lipinski definition) is 3. The lowest BCUT2D eigenvalue weighted by Crippen LogP contribution is -2.57. The first kappa shape index (κ1) is 28.8. The molecule has 0 aromatic heterocycles. The first-order chi connectivity index (χ1) is 19.9. The smallest absolute Gasteiger partial charge is 0.247 e. The van der Waals surface area contributed by atoms with Crippen LogP contribution in [0.15, 0.2) is 54.1 Å². The number of benzene rings is 2. The molecule has 9 heteroatoms. The van der Waals surface area contributed by atoms with E-state index in [-0.39, 0.29) is 25.5 Å². The molecule has 2 aromatic carbocycles. The lowest BCUT2D eigenvalue weighted by Gasteiger charge is -2.42. The van der Waals surface area contributed by atoms with E-state index in [1.165, 1.54) is 13.5 Å². The van der Waals surface area contributed by atoms with Gasteiger partial charge in [0.2, 0.25) is 11.8 Å². The van der Waals surface area contributed by atoms with Gasteiger partial charge in [0.25, 0.3) is 0 Å². The normalized spacial score (nSPS) is 23.4. The number of carbonyl (C=O) groups is 3. The van der Waals surface area contributed by atoms with Gasteiger partial charge in [-0.05, 0) is 42.5 Å². The van der Waals surface area contributed by atoms with Crippen molar-refractivity contribution in [1.29, 1.82) is 0 Å². The fraction of sp³-hybridized carbons (Fsp3) is 0.469. The Kier molecular flexibility index (Phi) is 9.05. The van der Waals surface area contributed by atoms with Crippen molar-refractivity contribution >= 4 is 18.1 Å². The Morgan fingerprint density at radius 2 is 1.90 bits per heavy atom. The van der Waals surface area contributed by atoms with Crippen LogP contribution in [0.1, 0.15) is 59.5 Å². The summed E-state index contributed by atoms with van der Waals surface area (Å²) in [7, 11) is 1.47. The Hall–Kier alpha value is -3.69. The van der Waals surface area contributed by atoms with E-state index in [0.717, 1.165) is 31.2 Å². The highest BCUT2D eigenvalue weighted by atomic mass is 16.5. The minimum absolute atomic E-state index is 0.0465. The Balaban J connectivity index is 1.56. The molecule has 0 radical (unpaired) electrons. The number of ether oxygens (including phenoxy) is 2. The van der Waals surface area contributed by atoms with Crippen LogP contribution in [-0.2, 0) is 16.0 Å². The van der Waals surface area contributed by atoms with Gasteiger partial charge >= 0.3 is 0 Å². The number of nitrogens with one attached hydrogen (secondary N) is 1. The third-order valence-electron chi connectivity index (χ3n) is 8.47. The van der Waals surface area contributed by atoms with Gasteiger partial charge in [-0.3, -0.25) is 14.4 Å². The van der Waals surface area contributed by atoms with Crippen molar-refractivity contribution in [2.75, 3.05) is 26.8 Å². The van der Waals surface area contributed by atoms with Crippen LogP contribution in [0.2, 0.25) is 0 Å². The van der Waals surface area contributed by atoms with Crippen LogP contribution in [0, 0.1) is 5.92 Å². The van der Waals surface area contributed by atoms with E-state index in [1.54, 1.807) is 23.1 Å². The summed E-state index contributed by atoms with van der Waals surface area (Å²) in [6.07, 6.45) is 5.91. The fourth-order valence-corrected chi connectivity index (χ4v) is 6.47. The maximum atomic E-state index is 13.9. The molecule has 4 unspecified atom stereocenters. The fourth-order valence-electron chi connectivity index (χ4n) is 6.47. The topological polar surface area (TPSA) is 125 Å². The van der Waals surface area contributed by atoms with Crippen LogP contribution in [0.3, 0.4) is 0 Å². The molecular weight excluding hydrogens is 524 g/mol. The van der Waals surface area contributed by atoms with E-state index >= 15 is 0 Å². The average molecular weight is 563 g/mol. The van der Waals surface area contributed by atoms with Crippen molar-refractivity contribution in [3.8, 4) is 11.5 Å². The second-order valence-electron chi connectivity index (χ2n) is 11.1. The van der Waals surface area contributed by atoms with E-state index in [0.29, 0.717) is 46.9 Å². The summed E-state index contributed by atoms with van der Waals surface area (Å²) in [5.41, 5.74) is 2.11. The van der Waals surface area contributed by atoms with Crippen molar-refractivity contribution in [3.63, 3.8) is 0 Å². The highest BCUT2D eigenvalue weighted by Crippen LogP contribution is 2.51. The van der Waals surface area contributed by atoms with Crippen LogP contribution in [-0.4, -0.2) is 78.3 Å². The summed E-state index contributed by atoms with van der Waals surface area (Å²) in [6.45, 7) is 0.280. The lowest BCUT2D eigenvalue weighted by molar-refractivity contribution is -0.137. The first-order valence-corrected chi connectivity index (χ1v) is 14.4. The molecule has 1 heterocycles. The molecule has 41 heavy (non-hydrogen) atoms. The minimum atomic E-state index is -1.14. The van der Waals surface area contributed by atoms with Gasteiger partial charge < -0.3 is 29.9 Å². The molecule has 0 bridgehead atoms. The van der Waals surface area contributed by atoms with Crippen LogP contribution in [0.25, 0.3) is 0 Å². The third-order valence-corrected chi connectivity index (χ3v) is 8.47. The number of methoxy groups -OCH3 is 1. The van der Waals surface area contributed by atoms with Crippen LogP contribution in [0.5, 0.6) is 11.5 Å². The number of fused-ring (bicyclic) bond motifs is 3. The molecule has 1 fully saturated rings. The van der Waals surface area contributed by atoms with Gasteiger partial charge in [0, 0.05) is 29.8 Å². The largest absolute Gasteiger partial charge is 0.493 e. The molecule has 1 aliphatic heterocycles. The predicted octanol–water partition coefficient (Wildman–Crippen LogP) is 2.78. The molecule has 218 valence electrons. The Morgan fingerprint density at radius 3 is 2.59 bits per heavy atom. The maximum absolute atomic E-state index is 13.9. The number of carbonyl (C=O) groups excluding carboxylic acids is 3. The second kappa shape index (κ2) is 12.9. The second-order valence-corrected chi connectivity index (χ2v) is 11.1. The number of aliphatic hydroxyl groups excluding tert-OH is 2. The predicted molar refractivity (Wildman–Crippen MR) is 152 cm³/mol. The van der Waals surface area contributed by atoms with Crippen LogP contribution in [0.4, 0.5) is 0 Å². The lowest BCUT2D eigenvalue weighted by atomic mass is 9.76. The first-order valence-electron chi connectivity index (χ1n) is 14.4. The monoisotopic (exact) mass is 562 g/mol. The molecule has 2 amide bonds. The molecule has 3 N–H and O–H groups in total. The molecular formula is C32H38N2O7. The number of aliphatic hydroxyl groups is 2. The zero-order valence-electron chi connectivity index (χ0n) is 23.3. The number of amides is 2. The van der Waals surface area contributed by atoms with Gasteiger partial charge in [-0.2, -0.15) is 0 Å². The van der Waals surface area contributed by atoms with Crippen molar-refractivity contribution in [2.24, 2.45) is 5.92 Å². The number of aldehydes is 1. The maximum Gasteiger partial charge on any atom is 0.247 e. The number of rotatable bonds is 10. The van der Waals surface area contributed by atoms with Gasteiger partial charge in [-0.25, -0.2) is 0 Å². The van der Waals surface area contributed by atoms with Crippen molar-refractivity contribution in [1.82, 2.24) is 10.2 Å². The molecule has 2 aromatic rings. The Morgan fingerprint density at radius 1 is 1.15 bits per heavy atom. The molecule has 4 atom stereocenters. The van der Waals surface area contributed by atoms with Gasteiger partial charge in [0.1, 0.15) is 18.5 Å². The SMILES string of the molecule is COc1cc(C=O)cc2c1OC1C2C(C(=O)NCCO)=CC(N(CC2CCCCC2)C(=O)Cc2ccccc2)C1O. The third kappa shape index (κ3) is 6.01. The number of nitrogens with zero attached hydrogens (tertiary/aromatic N) is 1. The summed E-state index contributed by atoms with van der Waals surface area (Å²) in [6, 6.07) is 11.9.